The number of halogens is 2. The largest absolute Gasteiger partial charge is 0.330 e. The average molecular weight is 245 g/mol. The second kappa shape index (κ2) is 3.85. The van der Waals surface area contributed by atoms with Crippen molar-refractivity contribution in [2.24, 2.45) is 11.7 Å². The Hall–Kier alpha value is 0.920. The van der Waals surface area contributed by atoms with Crippen LogP contribution in [0.3, 0.4) is 0 Å². The van der Waals surface area contributed by atoms with E-state index in [4.69, 9.17) is 5.73 Å². The van der Waals surface area contributed by atoms with E-state index < -0.39 is 0 Å². The van der Waals surface area contributed by atoms with Crippen LogP contribution in [-0.2, 0) is 0 Å². The van der Waals surface area contributed by atoms with Crippen LogP contribution in [0.5, 0.6) is 0 Å². The molecule has 0 amide bonds. The normalized spacial score (nSPS) is 35.2. The molecule has 50 valence electrons. The van der Waals surface area contributed by atoms with Crippen molar-refractivity contribution in [3.8, 4) is 0 Å². The fourth-order valence-corrected chi connectivity index (χ4v) is 1.90. The summed E-state index contributed by atoms with van der Waals surface area (Å²) in [5.41, 5.74) is 5.38. The third-order valence-corrected chi connectivity index (χ3v) is 2.26. The standard InChI is InChI=1S/C5H10BrN.BrH/c6-5-1-4(2-5)3-7;/h4-5H,1-3,7H2;1H. The summed E-state index contributed by atoms with van der Waals surface area (Å²) in [6, 6.07) is 0. The van der Waals surface area contributed by atoms with Crippen LogP contribution < -0.4 is 5.73 Å². The predicted octanol–water partition coefficient (Wildman–Crippen LogP) is 1.70. The van der Waals surface area contributed by atoms with E-state index >= 15 is 0 Å². The van der Waals surface area contributed by atoms with Gasteiger partial charge in [-0.1, -0.05) is 15.9 Å². The summed E-state index contributed by atoms with van der Waals surface area (Å²) in [5.74, 6) is 0.823. The van der Waals surface area contributed by atoms with Gasteiger partial charge in [-0.15, -0.1) is 17.0 Å². The molecule has 1 saturated carbocycles. The summed E-state index contributed by atoms with van der Waals surface area (Å²) < 4.78 is 0. The van der Waals surface area contributed by atoms with E-state index in [1.165, 1.54) is 12.8 Å². The molecule has 0 atom stereocenters. The average Bonchev–Trinajstić information content (AvgIpc) is 1.58. The molecule has 3 heteroatoms. The van der Waals surface area contributed by atoms with Crippen molar-refractivity contribution in [2.45, 2.75) is 17.7 Å². The summed E-state index contributed by atoms with van der Waals surface area (Å²) in [6.45, 7) is 0.877. The Labute approximate surface area is 68.9 Å². The molecular formula is C5H11Br2N. The summed E-state index contributed by atoms with van der Waals surface area (Å²) in [6.07, 6.45) is 2.58. The van der Waals surface area contributed by atoms with Crippen LogP contribution in [0.4, 0.5) is 0 Å². The van der Waals surface area contributed by atoms with Gasteiger partial charge < -0.3 is 5.73 Å². The molecule has 0 spiro atoms. The molecule has 0 aliphatic heterocycles. The molecule has 0 radical (unpaired) electrons. The predicted molar refractivity (Wildman–Crippen MR) is 44.8 cm³/mol. The van der Waals surface area contributed by atoms with Gasteiger partial charge in [0.2, 0.25) is 0 Å². The Kier molecular flexibility index (Phi) is 4.30. The highest BCUT2D eigenvalue weighted by Crippen LogP contribution is 2.31. The van der Waals surface area contributed by atoms with Gasteiger partial charge in [-0.3, -0.25) is 0 Å². The summed E-state index contributed by atoms with van der Waals surface area (Å²) in [7, 11) is 0. The molecule has 0 aromatic carbocycles. The number of hydrogen-bond donors (Lipinski definition) is 1. The number of rotatable bonds is 1. The highest BCUT2D eigenvalue weighted by Gasteiger charge is 2.24. The zero-order chi connectivity index (χ0) is 5.28. The molecule has 8 heavy (non-hydrogen) atoms. The van der Waals surface area contributed by atoms with Gasteiger partial charge in [0, 0.05) is 4.83 Å². The first-order valence-electron chi connectivity index (χ1n) is 2.67. The molecule has 1 aliphatic rings. The van der Waals surface area contributed by atoms with Gasteiger partial charge in [0.25, 0.3) is 0 Å². The highest BCUT2D eigenvalue weighted by atomic mass is 79.9. The van der Waals surface area contributed by atoms with Gasteiger partial charge in [0.1, 0.15) is 0 Å². The monoisotopic (exact) mass is 243 g/mol. The van der Waals surface area contributed by atoms with Crippen LogP contribution in [0.15, 0.2) is 0 Å². The summed E-state index contributed by atoms with van der Waals surface area (Å²) in [5, 5.41) is 0. The minimum atomic E-state index is 0. The molecule has 0 heterocycles. The highest BCUT2D eigenvalue weighted by molar-refractivity contribution is 9.09. The van der Waals surface area contributed by atoms with E-state index in [0.717, 1.165) is 17.3 Å². The lowest BCUT2D eigenvalue weighted by molar-refractivity contribution is 0.343. The van der Waals surface area contributed by atoms with E-state index in [-0.39, 0.29) is 17.0 Å². The van der Waals surface area contributed by atoms with Crippen LogP contribution in [-0.4, -0.2) is 11.4 Å². The summed E-state index contributed by atoms with van der Waals surface area (Å²) >= 11 is 3.49. The van der Waals surface area contributed by atoms with Crippen LogP contribution in [0.1, 0.15) is 12.8 Å². The molecule has 0 unspecified atom stereocenters. The molecule has 1 aliphatic carbocycles. The van der Waals surface area contributed by atoms with Crippen LogP contribution in [0, 0.1) is 5.92 Å². The maximum atomic E-state index is 5.38. The number of hydrogen-bond acceptors (Lipinski definition) is 1. The van der Waals surface area contributed by atoms with E-state index in [2.05, 4.69) is 15.9 Å². The van der Waals surface area contributed by atoms with Gasteiger partial charge in [-0.25, -0.2) is 0 Å². The van der Waals surface area contributed by atoms with E-state index in [9.17, 15) is 0 Å². The Morgan fingerprint density at radius 2 is 2.00 bits per heavy atom. The van der Waals surface area contributed by atoms with Gasteiger partial charge in [-0.2, -0.15) is 0 Å². The van der Waals surface area contributed by atoms with Crippen molar-refractivity contribution in [3.63, 3.8) is 0 Å². The molecular weight excluding hydrogens is 234 g/mol. The lowest BCUT2D eigenvalue weighted by atomic mass is 9.86. The first-order valence-corrected chi connectivity index (χ1v) is 3.58. The van der Waals surface area contributed by atoms with Gasteiger partial charge in [0.15, 0.2) is 0 Å². The van der Waals surface area contributed by atoms with Crippen molar-refractivity contribution in [1.29, 1.82) is 0 Å². The molecule has 1 nitrogen and oxygen atoms in total. The fourth-order valence-electron chi connectivity index (χ4n) is 0.847. The van der Waals surface area contributed by atoms with E-state index in [0.29, 0.717) is 0 Å². The second-order valence-corrected chi connectivity index (χ2v) is 3.47. The van der Waals surface area contributed by atoms with Gasteiger partial charge in [-0.05, 0) is 25.3 Å². The quantitative estimate of drug-likeness (QED) is 0.699. The lowest BCUT2D eigenvalue weighted by Crippen LogP contribution is -2.29. The minimum absolute atomic E-state index is 0. The molecule has 0 aromatic heterocycles. The molecule has 2 N–H and O–H groups in total. The molecule has 0 saturated heterocycles. The van der Waals surface area contributed by atoms with Crippen LogP contribution >= 0.6 is 32.9 Å². The second-order valence-electron chi connectivity index (χ2n) is 2.17. The molecule has 1 rings (SSSR count). The Bertz CT molecular complexity index is 61.4. The molecule has 0 aromatic rings. The molecule has 1 fully saturated rings. The number of nitrogens with two attached hydrogens (primary N) is 1. The Morgan fingerprint density at radius 1 is 1.50 bits per heavy atom. The van der Waals surface area contributed by atoms with Crippen molar-refractivity contribution in [2.75, 3.05) is 6.54 Å². The Balaban J connectivity index is 0.000000490. The Morgan fingerprint density at radius 3 is 2.12 bits per heavy atom. The third kappa shape index (κ3) is 2.03. The fraction of sp³-hybridized carbons (Fsp3) is 1.00. The van der Waals surface area contributed by atoms with Gasteiger partial charge in [0.05, 0.1) is 0 Å². The molecule has 0 bridgehead atoms. The van der Waals surface area contributed by atoms with Crippen LogP contribution in [0.25, 0.3) is 0 Å². The first kappa shape index (κ1) is 8.92. The maximum Gasteiger partial charge on any atom is 0.0152 e. The summed E-state index contributed by atoms with van der Waals surface area (Å²) in [4.78, 5) is 0.779. The zero-order valence-corrected chi connectivity index (χ0v) is 7.94. The number of alkyl halides is 1. The van der Waals surface area contributed by atoms with Crippen molar-refractivity contribution >= 4 is 32.9 Å². The first-order chi connectivity index (χ1) is 3.33. The zero-order valence-electron chi connectivity index (χ0n) is 4.64. The van der Waals surface area contributed by atoms with Crippen molar-refractivity contribution in [1.82, 2.24) is 0 Å². The van der Waals surface area contributed by atoms with Crippen LogP contribution in [0.2, 0.25) is 0 Å². The SMILES string of the molecule is Br.NCC1CC(Br)C1. The van der Waals surface area contributed by atoms with E-state index in [1.54, 1.807) is 0 Å². The third-order valence-electron chi connectivity index (χ3n) is 1.51. The smallest absolute Gasteiger partial charge is 0.0152 e. The van der Waals surface area contributed by atoms with Gasteiger partial charge >= 0.3 is 0 Å². The van der Waals surface area contributed by atoms with E-state index in [1.807, 2.05) is 0 Å². The maximum absolute atomic E-state index is 5.38. The minimum Gasteiger partial charge on any atom is -0.330 e. The lowest BCUT2D eigenvalue weighted by Gasteiger charge is -2.29. The topological polar surface area (TPSA) is 26.0 Å². The van der Waals surface area contributed by atoms with Crippen molar-refractivity contribution < 1.29 is 0 Å². The van der Waals surface area contributed by atoms with Crippen molar-refractivity contribution in [3.05, 3.63) is 0 Å².